The Labute approximate surface area is 77.1 Å². The molecule has 72 valence electrons. The van der Waals surface area contributed by atoms with Gasteiger partial charge in [0, 0.05) is 12.6 Å². The average Bonchev–Trinajstić information content (AvgIpc) is 2.32. The third-order valence-corrected chi connectivity index (χ3v) is 3.15. The second-order valence-electron chi connectivity index (χ2n) is 4.64. The van der Waals surface area contributed by atoms with Crippen LogP contribution in [0.5, 0.6) is 0 Å². The molecular weight excluding hydrogens is 146 g/mol. The van der Waals surface area contributed by atoms with E-state index < -0.39 is 0 Å². The van der Waals surface area contributed by atoms with Gasteiger partial charge in [0.15, 0.2) is 0 Å². The van der Waals surface area contributed by atoms with E-state index in [0.717, 1.165) is 17.9 Å². The molecule has 0 N–H and O–H groups in total. The zero-order valence-electron chi connectivity index (χ0n) is 9.01. The van der Waals surface area contributed by atoms with Crippen molar-refractivity contribution >= 4 is 0 Å². The summed E-state index contributed by atoms with van der Waals surface area (Å²) in [5, 5.41) is 0. The molecule has 0 bridgehead atoms. The van der Waals surface area contributed by atoms with Gasteiger partial charge in [-0.3, -0.25) is 0 Å². The van der Waals surface area contributed by atoms with E-state index in [1.54, 1.807) is 0 Å². The lowest BCUT2D eigenvalue weighted by Crippen LogP contribution is -2.29. The summed E-state index contributed by atoms with van der Waals surface area (Å²) in [5.41, 5.74) is 0. The molecule has 0 spiro atoms. The SMILES string of the molecule is CCC[C@@H]1C[C@@H](C(C)C)N(C)C1. The summed E-state index contributed by atoms with van der Waals surface area (Å²) < 4.78 is 0. The van der Waals surface area contributed by atoms with Crippen LogP contribution >= 0.6 is 0 Å². The number of hydrogen-bond acceptors (Lipinski definition) is 1. The van der Waals surface area contributed by atoms with Gasteiger partial charge >= 0.3 is 0 Å². The lowest BCUT2D eigenvalue weighted by atomic mass is 9.95. The van der Waals surface area contributed by atoms with E-state index in [1.807, 2.05) is 0 Å². The van der Waals surface area contributed by atoms with Gasteiger partial charge in [-0.05, 0) is 31.7 Å². The molecule has 1 saturated heterocycles. The molecule has 0 radical (unpaired) electrons. The summed E-state index contributed by atoms with van der Waals surface area (Å²) in [7, 11) is 2.28. The third-order valence-electron chi connectivity index (χ3n) is 3.15. The molecule has 0 aliphatic carbocycles. The topological polar surface area (TPSA) is 3.24 Å². The molecule has 12 heavy (non-hydrogen) atoms. The fraction of sp³-hybridized carbons (Fsp3) is 1.00. The van der Waals surface area contributed by atoms with Gasteiger partial charge in [-0.25, -0.2) is 0 Å². The first kappa shape index (κ1) is 10.0. The van der Waals surface area contributed by atoms with Gasteiger partial charge in [0.05, 0.1) is 0 Å². The standard InChI is InChI=1S/C11H23N/c1-5-6-10-7-11(9(2)3)12(4)8-10/h9-11H,5-8H2,1-4H3/t10-,11+/m1/s1. The van der Waals surface area contributed by atoms with E-state index in [-0.39, 0.29) is 0 Å². The highest BCUT2D eigenvalue weighted by Crippen LogP contribution is 2.29. The van der Waals surface area contributed by atoms with Gasteiger partial charge in [-0.15, -0.1) is 0 Å². The Morgan fingerprint density at radius 1 is 1.42 bits per heavy atom. The normalized spacial score (nSPS) is 31.8. The van der Waals surface area contributed by atoms with Crippen molar-refractivity contribution in [1.82, 2.24) is 4.90 Å². The minimum absolute atomic E-state index is 0.830. The van der Waals surface area contributed by atoms with Gasteiger partial charge in [0.2, 0.25) is 0 Å². The average molecular weight is 169 g/mol. The number of likely N-dealkylation sites (tertiary alicyclic amines) is 1. The molecule has 0 aromatic rings. The molecule has 1 nitrogen and oxygen atoms in total. The first-order valence-corrected chi connectivity index (χ1v) is 5.35. The molecule has 1 fully saturated rings. The van der Waals surface area contributed by atoms with Crippen LogP contribution in [-0.4, -0.2) is 24.5 Å². The first-order chi connectivity index (χ1) is 5.65. The Kier molecular flexibility index (Phi) is 3.57. The Hall–Kier alpha value is -0.0400. The second kappa shape index (κ2) is 4.27. The lowest BCUT2D eigenvalue weighted by molar-refractivity contribution is 0.249. The summed E-state index contributed by atoms with van der Waals surface area (Å²) >= 11 is 0. The highest BCUT2D eigenvalue weighted by Gasteiger charge is 2.30. The van der Waals surface area contributed by atoms with Gasteiger partial charge < -0.3 is 4.90 Å². The minimum atomic E-state index is 0.830. The van der Waals surface area contributed by atoms with E-state index in [1.165, 1.54) is 25.8 Å². The maximum Gasteiger partial charge on any atom is 0.0118 e. The predicted octanol–water partition coefficient (Wildman–Crippen LogP) is 2.76. The zero-order chi connectivity index (χ0) is 9.14. The van der Waals surface area contributed by atoms with Crippen LogP contribution in [0.15, 0.2) is 0 Å². The van der Waals surface area contributed by atoms with Crippen LogP contribution in [0.4, 0.5) is 0 Å². The first-order valence-electron chi connectivity index (χ1n) is 5.35. The van der Waals surface area contributed by atoms with Gasteiger partial charge in [-0.2, -0.15) is 0 Å². The summed E-state index contributed by atoms with van der Waals surface area (Å²) in [6, 6.07) is 0.849. The molecule has 1 heteroatoms. The fourth-order valence-electron chi connectivity index (χ4n) is 2.54. The summed E-state index contributed by atoms with van der Waals surface area (Å²) in [6.07, 6.45) is 4.21. The molecule has 0 aromatic heterocycles. The van der Waals surface area contributed by atoms with Crippen LogP contribution in [0.25, 0.3) is 0 Å². The van der Waals surface area contributed by atoms with Crippen LogP contribution in [0, 0.1) is 11.8 Å². The fourth-order valence-corrected chi connectivity index (χ4v) is 2.54. The molecule has 2 atom stereocenters. The maximum atomic E-state index is 2.55. The molecule has 0 aromatic carbocycles. The Morgan fingerprint density at radius 3 is 2.50 bits per heavy atom. The van der Waals surface area contributed by atoms with Gasteiger partial charge in [0.1, 0.15) is 0 Å². The molecule has 0 amide bonds. The Morgan fingerprint density at radius 2 is 2.08 bits per heavy atom. The van der Waals surface area contributed by atoms with Crippen molar-refractivity contribution in [2.45, 2.75) is 46.1 Å². The van der Waals surface area contributed by atoms with Crippen molar-refractivity contribution in [3.8, 4) is 0 Å². The van der Waals surface area contributed by atoms with Crippen molar-refractivity contribution in [1.29, 1.82) is 0 Å². The van der Waals surface area contributed by atoms with Crippen molar-refractivity contribution in [2.75, 3.05) is 13.6 Å². The molecule has 1 aliphatic heterocycles. The zero-order valence-corrected chi connectivity index (χ0v) is 9.01. The van der Waals surface area contributed by atoms with Crippen LogP contribution in [0.3, 0.4) is 0 Å². The molecule has 1 aliphatic rings. The van der Waals surface area contributed by atoms with E-state index in [4.69, 9.17) is 0 Å². The Bertz CT molecular complexity index is 131. The smallest absolute Gasteiger partial charge is 0.0118 e. The van der Waals surface area contributed by atoms with Crippen LogP contribution in [0.1, 0.15) is 40.0 Å². The van der Waals surface area contributed by atoms with Gasteiger partial charge in [0.25, 0.3) is 0 Å². The van der Waals surface area contributed by atoms with E-state index >= 15 is 0 Å². The molecule has 0 unspecified atom stereocenters. The highest BCUT2D eigenvalue weighted by molar-refractivity contribution is 4.84. The third kappa shape index (κ3) is 2.22. The lowest BCUT2D eigenvalue weighted by Gasteiger charge is -2.22. The number of nitrogens with zero attached hydrogens (tertiary/aromatic N) is 1. The van der Waals surface area contributed by atoms with Crippen molar-refractivity contribution in [2.24, 2.45) is 11.8 Å². The van der Waals surface area contributed by atoms with Gasteiger partial charge in [-0.1, -0.05) is 27.2 Å². The Balaban J connectivity index is 2.39. The largest absolute Gasteiger partial charge is 0.303 e. The van der Waals surface area contributed by atoms with Crippen LogP contribution < -0.4 is 0 Å². The summed E-state index contributed by atoms with van der Waals surface area (Å²) in [4.78, 5) is 2.55. The summed E-state index contributed by atoms with van der Waals surface area (Å²) in [6.45, 7) is 8.31. The predicted molar refractivity (Wildman–Crippen MR) is 54.3 cm³/mol. The van der Waals surface area contributed by atoms with E-state index in [0.29, 0.717) is 0 Å². The van der Waals surface area contributed by atoms with E-state index in [9.17, 15) is 0 Å². The van der Waals surface area contributed by atoms with Crippen molar-refractivity contribution in [3.05, 3.63) is 0 Å². The summed E-state index contributed by atoms with van der Waals surface area (Å²) in [5.74, 6) is 1.81. The van der Waals surface area contributed by atoms with Crippen LogP contribution in [-0.2, 0) is 0 Å². The molecule has 1 heterocycles. The molecule has 0 saturated carbocycles. The quantitative estimate of drug-likeness (QED) is 0.628. The highest BCUT2D eigenvalue weighted by atomic mass is 15.2. The van der Waals surface area contributed by atoms with Crippen molar-refractivity contribution in [3.63, 3.8) is 0 Å². The van der Waals surface area contributed by atoms with E-state index in [2.05, 4.69) is 32.7 Å². The maximum absolute atomic E-state index is 2.55. The van der Waals surface area contributed by atoms with Crippen LogP contribution in [0.2, 0.25) is 0 Å². The second-order valence-corrected chi connectivity index (χ2v) is 4.64. The monoisotopic (exact) mass is 169 g/mol. The molecular formula is C11H23N. The minimum Gasteiger partial charge on any atom is -0.303 e. The van der Waals surface area contributed by atoms with Crippen molar-refractivity contribution < 1.29 is 0 Å². The number of hydrogen-bond donors (Lipinski definition) is 0. The number of rotatable bonds is 3. The molecule has 1 rings (SSSR count).